The van der Waals surface area contributed by atoms with Crippen molar-refractivity contribution in [2.45, 2.75) is 83.0 Å². The van der Waals surface area contributed by atoms with Crippen LogP contribution in [0.25, 0.3) is 0 Å². The van der Waals surface area contributed by atoms with Gasteiger partial charge in [0.25, 0.3) is 0 Å². The van der Waals surface area contributed by atoms with Crippen LogP contribution in [0, 0.1) is 0 Å². The molecule has 4 N–H and O–H groups in total. The predicted octanol–water partition coefficient (Wildman–Crippen LogP) is 2.60. The molecular weight excluding hydrogens is 330 g/mol. The summed E-state index contributed by atoms with van der Waals surface area (Å²) in [5, 5.41) is 19.3. The molecule has 0 aliphatic heterocycles. The molecule has 1 saturated carbocycles. The van der Waals surface area contributed by atoms with E-state index in [1.807, 2.05) is 18.2 Å². The average molecular weight is 366 g/mol. The number of ether oxygens (including phenoxy) is 1. The first-order chi connectivity index (χ1) is 12.3. The van der Waals surface area contributed by atoms with Gasteiger partial charge < -0.3 is 25.8 Å². The van der Waals surface area contributed by atoms with Crippen molar-refractivity contribution in [3.8, 4) is 0 Å². The third kappa shape index (κ3) is 8.23. The van der Waals surface area contributed by atoms with Crippen molar-refractivity contribution >= 4 is 6.03 Å². The molecule has 0 bridgehead atoms. The Kier molecular flexibility index (Phi) is 7.97. The van der Waals surface area contributed by atoms with Crippen molar-refractivity contribution in [3.63, 3.8) is 0 Å². The normalized spacial score (nSPS) is 22.5. The molecule has 2 amide bonds. The molecule has 148 valence electrons. The van der Waals surface area contributed by atoms with E-state index in [0.717, 1.165) is 18.6 Å². The minimum absolute atomic E-state index is 0.0154. The van der Waals surface area contributed by atoms with E-state index in [-0.39, 0.29) is 24.2 Å². The van der Waals surface area contributed by atoms with Crippen LogP contribution in [0.2, 0.25) is 0 Å². The predicted molar refractivity (Wildman–Crippen MR) is 104 cm³/mol. The van der Waals surface area contributed by atoms with Gasteiger partial charge in [0.2, 0.25) is 0 Å². The molecule has 0 aromatic rings. The molecule has 1 fully saturated rings. The number of amides is 2. The van der Waals surface area contributed by atoms with Crippen LogP contribution < -0.4 is 16.0 Å². The molecule has 0 spiro atoms. The molecule has 2 atom stereocenters. The van der Waals surface area contributed by atoms with E-state index in [4.69, 9.17) is 4.74 Å². The van der Waals surface area contributed by atoms with E-state index in [2.05, 4.69) is 36.7 Å². The summed E-state index contributed by atoms with van der Waals surface area (Å²) in [5.41, 5.74) is -0.0257. The number of urea groups is 1. The van der Waals surface area contributed by atoms with Crippen LogP contribution in [-0.4, -0.2) is 48.0 Å². The van der Waals surface area contributed by atoms with Crippen LogP contribution >= 0.6 is 0 Å². The number of nitrogens with one attached hydrogen (secondary N) is 3. The number of allylic oxidation sites excluding steroid dienone is 1. The van der Waals surface area contributed by atoms with E-state index < -0.39 is 6.10 Å². The number of rotatable bonds is 7. The first-order valence-electron chi connectivity index (χ1n) is 9.83. The van der Waals surface area contributed by atoms with Gasteiger partial charge in [-0.3, -0.25) is 0 Å². The second-order valence-corrected chi connectivity index (χ2v) is 8.36. The van der Waals surface area contributed by atoms with Crippen molar-refractivity contribution in [1.29, 1.82) is 0 Å². The highest BCUT2D eigenvalue weighted by Crippen LogP contribution is 2.17. The maximum absolute atomic E-state index is 12.1. The van der Waals surface area contributed by atoms with E-state index >= 15 is 0 Å². The summed E-state index contributed by atoms with van der Waals surface area (Å²) in [4.78, 5) is 12.1. The third-order valence-electron chi connectivity index (χ3n) is 4.63. The van der Waals surface area contributed by atoms with Gasteiger partial charge in [-0.25, -0.2) is 4.79 Å². The lowest BCUT2D eigenvalue weighted by atomic mass is 9.96. The summed E-state index contributed by atoms with van der Waals surface area (Å²) < 4.78 is 5.64. The third-order valence-corrected chi connectivity index (χ3v) is 4.63. The Morgan fingerprint density at radius 1 is 1.27 bits per heavy atom. The van der Waals surface area contributed by atoms with Gasteiger partial charge in [-0.05, 0) is 52.2 Å². The van der Waals surface area contributed by atoms with Gasteiger partial charge >= 0.3 is 6.03 Å². The Bertz CT molecular complexity index is 505. The number of aliphatic hydroxyl groups excluding tert-OH is 1. The summed E-state index contributed by atoms with van der Waals surface area (Å²) in [6.45, 7) is 6.92. The molecule has 2 aliphatic rings. The lowest BCUT2D eigenvalue weighted by molar-refractivity contribution is 0.0701. The number of β-amino-alcohol motifs (C(OH)–C–C–N with tert-alkyl or cyclic N) is 1. The zero-order valence-electron chi connectivity index (χ0n) is 16.4. The number of carbonyl (C=O) groups is 1. The molecule has 6 heteroatoms. The highest BCUT2D eigenvalue weighted by molar-refractivity contribution is 5.75. The molecule has 26 heavy (non-hydrogen) atoms. The average Bonchev–Trinajstić information content (AvgIpc) is 2.59. The number of hydrogen-bond donors (Lipinski definition) is 4. The van der Waals surface area contributed by atoms with Gasteiger partial charge in [0.1, 0.15) is 18.5 Å². The highest BCUT2D eigenvalue weighted by atomic mass is 16.5. The van der Waals surface area contributed by atoms with E-state index in [1.165, 1.54) is 19.3 Å². The number of aliphatic hydroxyl groups is 1. The largest absolute Gasteiger partial charge is 0.491 e. The standard InChI is InChI=1S/C20H35N3O3/c1-20(2,3)21-13-17(24)14-26-18-11-9-16(10-12-18)23-19(25)22-15-7-5-4-6-8-15/h9,11-12,15-17,21,24H,4-8,10,13-14H2,1-3H3,(H2,22,23,25). The topological polar surface area (TPSA) is 82.6 Å². The minimum atomic E-state index is -0.555. The van der Waals surface area contributed by atoms with Crippen molar-refractivity contribution in [1.82, 2.24) is 16.0 Å². The summed E-state index contributed by atoms with van der Waals surface area (Å²) in [7, 11) is 0. The molecular formula is C20H35N3O3. The second kappa shape index (κ2) is 9.97. The fourth-order valence-corrected chi connectivity index (χ4v) is 3.13. The first-order valence-corrected chi connectivity index (χ1v) is 9.83. The van der Waals surface area contributed by atoms with Crippen LogP contribution in [0.1, 0.15) is 59.3 Å². The van der Waals surface area contributed by atoms with Gasteiger partial charge in [0.15, 0.2) is 0 Å². The molecule has 0 saturated heterocycles. The summed E-state index contributed by atoms with van der Waals surface area (Å²) >= 11 is 0. The van der Waals surface area contributed by atoms with Crippen LogP contribution in [0.5, 0.6) is 0 Å². The molecule has 2 aliphatic carbocycles. The minimum Gasteiger partial charge on any atom is -0.491 e. The summed E-state index contributed by atoms with van der Waals surface area (Å²) in [5.74, 6) is 0.741. The van der Waals surface area contributed by atoms with Gasteiger partial charge in [-0.1, -0.05) is 25.3 Å². The van der Waals surface area contributed by atoms with Gasteiger partial charge in [-0.15, -0.1) is 0 Å². The number of hydrogen-bond acceptors (Lipinski definition) is 4. The van der Waals surface area contributed by atoms with Crippen molar-refractivity contribution in [3.05, 3.63) is 24.0 Å². The second-order valence-electron chi connectivity index (χ2n) is 8.36. The Hall–Kier alpha value is -1.53. The number of carbonyl (C=O) groups excluding carboxylic acids is 1. The molecule has 0 aromatic carbocycles. The van der Waals surface area contributed by atoms with E-state index in [0.29, 0.717) is 19.0 Å². The van der Waals surface area contributed by atoms with Crippen molar-refractivity contribution in [2.75, 3.05) is 13.2 Å². The van der Waals surface area contributed by atoms with Gasteiger partial charge in [0.05, 0.1) is 6.04 Å². The van der Waals surface area contributed by atoms with Crippen molar-refractivity contribution < 1.29 is 14.6 Å². The van der Waals surface area contributed by atoms with Crippen LogP contribution in [0.3, 0.4) is 0 Å². The molecule has 2 unspecified atom stereocenters. The summed E-state index contributed by atoms with van der Waals surface area (Å²) in [6, 6.07) is 0.209. The first kappa shape index (κ1) is 20.8. The monoisotopic (exact) mass is 365 g/mol. The Balaban J connectivity index is 1.63. The maximum Gasteiger partial charge on any atom is 0.315 e. The van der Waals surface area contributed by atoms with E-state index in [9.17, 15) is 9.90 Å². The zero-order chi connectivity index (χ0) is 19.0. The van der Waals surface area contributed by atoms with Crippen LogP contribution in [-0.2, 0) is 4.74 Å². The lowest BCUT2D eigenvalue weighted by Crippen LogP contribution is -2.46. The quantitative estimate of drug-likeness (QED) is 0.559. The lowest BCUT2D eigenvalue weighted by Gasteiger charge is -2.25. The zero-order valence-corrected chi connectivity index (χ0v) is 16.4. The molecule has 0 radical (unpaired) electrons. The SMILES string of the molecule is CC(C)(C)NCC(O)COC1=CCC(NC(=O)NC2CCCCC2)C=C1. The Morgan fingerprint density at radius 2 is 2.00 bits per heavy atom. The van der Waals surface area contributed by atoms with E-state index in [1.54, 1.807) is 0 Å². The summed E-state index contributed by atoms with van der Waals surface area (Å²) in [6.07, 6.45) is 11.7. The van der Waals surface area contributed by atoms with Crippen LogP contribution in [0.15, 0.2) is 24.0 Å². The highest BCUT2D eigenvalue weighted by Gasteiger charge is 2.18. The van der Waals surface area contributed by atoms with Gasteiger partial charge in [0, 0.05) is 18.1 Å². The smallest absolute Gasteiger partial charge is 0.315 e. The molecule has 2 rings (SSSR count). The maximum atomic E-state index is 12.1. The van der Waals surface area contributed by atoms with Gasteiger partial charge in [-0.2, -0.15) is 0 Å². The molecule has 0 heterocycles. The fourth-order valence-electron chi connectivity index (χ4n) is 3.13. The molecule has 0 aromatic heterocycles. The molecule has 6 nitrogen and oxygen atoms in total. The fraction of sp³-hybridized carbons (Fsp3) is 0.750. The van der Waals surface area contributed by atoms with Crippen LogP contribution in [0.4, 0.5) is 4.79 Å². The van der Waals surface area contributed by atoms with Crippen molar-refractivity contribution in [2.24, 2.45) is 0 Å². The Morgan fingerprint density at radius 3 is 2.62 bits per heavy atom. The Labute approximate surface area is 157 Å².